The molecule has 0 aliphatic heterocycles. The van der Waals surface area contributed by atoms with Gasteiger partial charge in [-0.3, -0.25) is 4.79 Å². The van der Waals surface area contributed by atoms with Gasteiger partial charge in [-0.1, -0.05) is 40.7 Å². The number of amides is 1. The van der Waals surface area contributed by atoms with Crippen LogP contribution in [0.25, 0.3) is 0 Å². The molecular weight excluding hydrogens is 238 g/mol. The molecule has 0 heterocycles. The summed E-state index contributed by atoms with van der Waals surface area (Å²) in [7, 11) is 1.64. The first-order chi connectivity index (χ1) is 8.66. The van der Waals surface area contributed by atoms with Gasteiger partial charge in [0.25, 0.3) is 0 Å². The van der Waals surface area contributed by atoms with Crippen LogP contribution in [-0.2, 0) is 10.2 Å². The highest BCUT2D eigenvalue weighted by atomic mass is 16.5. The maximum atomic E-state index is 11.4. The van der Waals surface area contributed by atoms with Crippen molar-refractivity contribution in [2.24, 2.45) is 0 Å². The number of anilines is 1. The van der Waals surface area contributed by atoms with Crippen molar-refractivity contribution in [3.63, 3.8) is 0 Å². The molecule has 3 nitrogen and oxygen atoms in total. The Morgan fingerprint density at radius 1 is 1.26 bits per heavy atom. The van der Waals surface area contributed by atoms with Gasteiger partial charge >= 0.3 is 0 Å². The van der Waals surface area contributed by atoms with E-state index in [1.165, 1.54) is 12.5 Å². The lowest BCUT2D eigenvalue weighted by molar-refractivity contribution is -0.114. The molecule has 0 atom stereocenters. The predicted octanol–water partition coefficient (Wildman–Crippen LogP) is 4.07. The summed E-state index contributed by atoms with van der Waals surface area (Å²) >= 11 is 0. The summed E-state index contributed by atoms with van der Waals surface area (Å²) in [5.41, 5.74) is 3.11. The molecule has 0 fully saturated rings. The number of nitrogens with one attached hydrogen (secondary N) is 1. The van der Waals surface area contributed by atoms with Crippen LogP contribution >= 0.6 is 0 Å². The van der Waals surface area contributed by atoms with Crippen LogP contribution in [0.1, 0.15) is 58.6 Å². The summed E-state index contributed by atoms with van der Waals surface area (Å²) in [5, 5.41) is 2.87. The Bertz CT molecular complexity index is 470. The summed E-state index contributed by atoms with van der Waals surface area (Å²) in [6, 6.07) is 4.18. The molecule has 0 radical (unpaired) electrons. The molecule has 1 rings (SSSR count). The van der Waals surface area contributed by atoms with Gasteiger partial charge in [0.1, 0.15) is 5.75 Å². The Balaban J connectivity index is 3.49. The summed E-state index contributed by atoms with van der Waals surface area (Å²) < 4.78 is 5.49. The van der Waals surface area contributed by atoms with E-state index in [9.17, 15) is 4.79 Å². The van der Waals surface area contributed by atoms with Crippen LogP contribution in [0.15, 0.2) is 12.1 Å². The lowest BCUT2D eigenvalue weighted by atomic mass is 9.84. The first-order valence-corrected chi connectivity index (χ1v) is 6.66. The molecule has 0 unspecified atom stereocenters. The molecule has 1 aromatic rings. The summed E-state index contributed by atoms with van der Waals surface area (Å²) in [6.07, 6.45) is 0. The third-order valence-electron chi connectivity index (χ3n) is 3.12. The zero-order valence-electron chi connectivity index (χ0n) is 13.0. The number of methoxy groups -OCH3 is 1. The maximum absolute atomic E-state index is 11.4. The number of rotatable bonds is 3. The number of ether oxygens (including phenoxy) is 1. The molecule has 19 heavy (non-hydrogen) atoms. The monoisotopic (exact) mass is 263 g/mol. The van der Waals surface area contributed by atoms with E-state index in [4.69, 9.17) is 4.74 Å². The van der Waals surface area contributed by atoms with Crippen LogP contribution in [0.3, 0.4) is 0 Å². The molecule has 1 N–H and O–H groups in total. The quantitative estimate of drug-likeness (QED) is 0.892. The molecular formula is C16H25NO2. The SMILES string of the molecule is COc1c(NC(C)=O)cc(C(C)(C)C)cc1C(C)C. The van der Waals surface area contributed by atoms with Crippen molar-refractivity contribution in [3.05, 3.63) is 23.3 Å². The van der Waals surface area contributed by atoms with Gasteiger partial charge in [-0.2, -0.15) is 0 Å². The van der Waals surface area contributed by atoms with Crippen molar-refractivity contribution in [3.8, 4) is 5.75 Å². The number of hydrogen-bond donors (Lipinski definition) is 1. The van der Waals surface area contributed by atoms with Crippen molar-refractivity contribution >= 4 is 11.6 Å². The van der Waals surface area contributed by atoms with Gasteiger partial charge in [0.15, 0.2) is 0 Å². The molecule has 1 aromatic carbocycles. The molecule has 1 amide bonds. The smallest absolute Gasteiger partial charge is 0.221 e. The van der Waals surface area contributed by atoms with E-state index in [0.29, 0.717) is 5.92 Å². The Hall–Kier alpha value is -1.51. The van der Waals surface area contributed by atoms with Gasteiger partial charge in [0.05, 0.1) is 12.8 Å². The minimum Gasteiger partial charge on any atom is -0.494 e. The molecule has 0 aromatic heterocycles. The zero-order chi connectivity index (χ0) is 14.8. The Kier molecular flexibility index (Phi) is 4.61. The van der Waals surface area contributed by atoms with Crippen LogP contribution in [0, 0.1) is 0 Å². The van der Waals surface area contributed by atoms with Crippen LogP contribution in [0.5, 0.6) is 5.75 Å². The van der Waals surface area contributed by atoms with Gasteiger partial charge in [-0.05, 0) is 28.5 Å². The number of carbonyl (C=O) groups excluding carboxylic acids is 1. The lowest BCUT2D eigenvalue weighted by Crippen LogP contribution is -2.15. The minimum atomic E-state index is -0.0842. The molecule has 0 aliphatic rings. The highest BCUT2D eigenvalue weighted by molar-refractivity contribution is 5.91. The summed E-state index contributed by atoms with van der Waals surface area (Å²) in [4.78, 5) is 11.4. The van der Waals surface area contributed by atoms with E-state index in [0.717, 1.165) is 17.0 Å². The largest absolute Gasteiger partial charge is 0.494 e. The number of carbonyl (C=O) groups is 1. The van der Waals surface area contributed by atoms with Crippen LogP contribution in [0.4, 0.5) is 5.69 Å². The molecule has 106 valence electrons. The molecule has 0 saturated heterocycles. The van der Waals surface area contributed by atoms with E-state index in [2.05, 4.69) is 46.0 Å². The zero-order valence-corrected chi connectivity index (χ0v) is 13.0. The first-order valence-electron chi connectivity index (χ1n) is 6.66. The summed E-state index contributed by atoms with van der Waals surface area (Å²) in [5.74, 6) is 1.02. The average molecular weight is 263 g/mol. The second kappa shape index (κ2) is 5.64. The third-order valence-corrected chi connectivity index (χ3v) is 3.12. The topological polar surface area (TPSA) is 38.3 Å². The fourth-order valence-electron chi connectivity index (χ4n) is 2.02. The Morgan fingerprint density at radius 3 is 2.21 bits per heavy atom. The second-order valence-electron chi connectivity index (χ2n) is 6.23. The second-order valence-corrected chi connectivity index (χ2v) is 6.23. The van der Waals surface area contributed by atoms with Gasteiger partial charge < -0.3 is 10.1 Å². The van der Waals surface area contributed by atoms with E-state index in [-0.39, 0.29) is 11.3 Å². The van der Waals surface area contributed by atoms with Gasteiger partial charge in [-0.15, -0.1) is 0 Å². The fourth-order valence-corrected chi connectivity index (χ4v) is 2.02. The average Bonchev–Trinajstić information content (AvgIpc) is 2.25. The van der Waals surface area contributed by atoms with E-state index >= 15 is 0 Å². The molecule has 0 bridgehead atoms. The van der Waals surface area contributed by atoms with Gasteiger partial charge in [0.2, 0.25) is 5.91 Å². The van der Waals surface area contributed by atoms with Gasteiger partial charge in [-0.25, -0.2) is 0 Å². The lowest BCUT2D eigenvalue weighted by Gasteiger charge is -2.24. The molecule has 0 spiro atoms. The van der Waals surface area contributed by atoms with E-state index < -0.39 is 0 Å². The fraction of sp³-hybridized carbons (Fsp3) is 0.562. The number of benzene rings is 1. The Morgan fingerprint density at radius 2 is 1.84 bits per heavy atom. The van der Waals surface area contributed by atoms with Crippen molar-refractivity contribution in [1.82, 2.24) is 0 Å². The summed E-state index contributed by atoms with van der Waals surface area (Å²) in [6.45, 7) is 12.3. The maximum Gasteiger partial charge on any atom is 0.221 e. The number of hydrogen-bond acceptors (Lipinski definition) is 2. The van der Waals surface area contributed by atoms with Crippen LogP contribution in [-0.4, -0.2) is 13.0 Å². The normalized spacial score (nSPS) is 11.6. The first kappa shape index (κ1) is 15.5. The van der Waals surface area contributed by atoms with E-state index in [1.807, 2.05) is 6.07 Å². The van der Waals surface area contributed by atoms with Crippen LogP contribution < -0.4 is 10.1 Å². The van der Waals surface area contributed by atoms with E-state index in [1.54, 1.807) is 7.11 Å². The van der Waals surface area contributed by atoms with Crippen molar-refractivity contribution in [2.75, 3.05) is 12.4 Å². The molecule has 3 heteroatoms. The predicted molar refractivity (Wildman–Crippen MR) is 80.1 cm³/mol. The standard InChI is InChI=1S/C16H25NO2/c1-10(2)13-8-12(16(4,5)6)9-14(15(13)19-7)17-11(3)18/h8-10H,1-7H3,(H,17,18). The molecule has 0 saturated carbocycles. The third kappa shape index (κ3) is 3.72. The van der Waals surface area contributed by atoms with Crippen molar-refractivity contribution < 1.29 is 9.53 Å². The molecule has 0 aliphatic carbocycles. The van der Waals surface area contributed by atoms with Gasteiger partial charge in [0, 0.05) is 6.92 Å². The van der Waals surface area contributed by atoms with Crippen LogP contribution in [0.2, 0.25) is 0 Å². The Labute approximate surface area is 116 Å². The van der Waals surface area contributed by atoms with Crippen molar-refractivity contribution in [2.45, 2.75) is 52.9 Å². The van der Waals surface area contributed by atoms with Crippen molar-refractivity contribution in [1.29, 1.82) is 0 Å². The highest BCUT2D eigenvalue weighted by Crippen LogP contribution is 2.38. The minimum absolute atomic E-state index is 0.0309. The highest BCUT2D eigenvalue weighted by Gasteiger charge is 2.21.